The third-order valence-electron chi connectivity index (χ3n) is 7.75. The molecule has 0 radical (unpaired) electrons. The van der Waals surface area contributed by atoms with E-state index in [1.165, 1.54) is 19.8 Å². The number of esters is 4. The first kappa shape index (κ1) is 43.5. The zero-order valence-electron chi connectivity index (χ0n) is 29.7. The molecule has 0 aromatic carbocycles. The van der Waals surface area contributed by atoms with Crippen LogP contribution in [0.25, 0.3) is 0 Å². The Morgan fingerprint density at radius 2 is 1.22 bits per heavy atom. The minimum atomic E-state index is -0.764. The molecule has 2 atom stereocenters. The second-order valence-corrected chi connectivity index (χ2v) is 12.9. The molecule has 0 spiro atoms. The van der Waals surface area contributed by atoms with Crippen molar-refractivity contribution >= 4 is 23.9 Å². The van der Waals surface area contributed by atoms with Gasteiger partial charge in [-0.2, -0.15) is 0 Å². The van der Waals surface area contributed by atoms with Crippen LogP contribution in [0.2, 0.25) is 0 Å². The van der Waals surface area contributed by atoms with E-state index in [2.05, 4.69) is 19.9 Å². The molecule has 0 heterocycles. The smallest absolute Gasteiger partial charge is 0.362 e. The fraction of sp³-hybridized carbons (Fsp3) is 0.833. The Bertz CT molecular complexity index is 843. The Kier molecular flexibility index (Phi) is 27.2. The summed E-state index contributed by atoms with van der Waals surface area (Å²) < 4.78 is 21.3. The molecule has 1 N–H and O–H groups in total. The summed E-state index contributed by atoms with van der Waals surface area (Å²) in [5, 5.41) is 10.9. The molecule has 46 heavy (non-hydrogen) atoms. The van der Waals surface area contributed by atoms with Gasteiger partial charge >= 0.3 is 23.9 Å². The maximum atomic E-state index is 12.9. The lowest BCUT2D eigenvalue weighted by Gasteiger charge is -2.30. The zero-order valence-corrected chi connectivity index (χ0v) is 29.7. The van der Waals surface area contributed by atoms with E-state index in [1.54, 1.807) is 0 Å². The molecule has 0 aliphatic heterocycles. The van der Waals surface area contributed by atoms with Crippen molar-refractivity contribution in [3.63, 3.8) is 0 Å². The molecule has 0 rings (SSSR count). The number of ether oxygens (including phenoxy) is 4. The third-order valence-corrected chi connectivity index (χ3v) is 7.75. The van der Waals surface area contributed by atoms with E-state index in [-0.39, 0.29) is 50.2 Å². The highest BCUT2D eigenvalue weighted by atomic mass is 16.6. The lowest BCUT2D eigenvalue weighted by molar-refractivity contribution is -0.883. The van der Waals surface area contributed by atoms with Gasteiger partial charge in [-0.1, -0.05) is 83.8 Å². The number of quaternary nitrogens is 1. The number of carbonyl (C=O) groups excluding carboxylic acids is 4. The maximum absolute atomic E-state index is 12.9. The number of rotatable bonds is 30. The fourth-order valence-corrected chi connectivity index (χ4v) is 4.89. The first-order valence-corrected chi connectivity index (χ1v) is 17.8. The molecule has 10 nitrogen and oxygen atoms in total. The predicted octanol–water partition coefficient (Wildman–Crippen LogP) is 6.60. The lowest BCUT2D eigenvalue weighted by atomic mass is 10.0. The minimum Gasteiger partial charge on any atom is -0.462 e. The second-order valence-electron chi connectivity index (χ2n) is 12.9. The number of allylic oxidation sites excluding steroid dienone is 1. The van der Waals surface area contributed by atoms with Gasteiger partial charge in [-0.25, -0.2) is 4.79 Å². The molecule has 0 saturated carbocycles. The number of hydrogen-bond acceptors (Lipinski definition) is 9. The van der Waals surface area contributed by atoms with Gasteiger partial charge in [-0.3, -0.25) is 14.4 Å². The van der Waals surface area contributed by atoms with Crippen LogP contribution in [0.3, 0.4) is 0 Å². The van der Waals surface area contributed by atoms with Crippen molar-refractivity contribution < 1.29 is 47.7 Å². The van der Waals surface area contributed by atoms with Crippen LogP contribution in [0.5, 0.6) is 0 Å². The maximum Gasteiger partial charge on any atom is 0.362 e. The van der Waals surface area contributed by atoms with Gasteiger partial charge in [-0.15, -0.1) is 0 Å². The molecule has 0 bridgehead atoms. The lowest BCUT2D eigenvalue weighted by Crippen LogP contribution is -2.48. The summed E-state index contributed by atoms with van der Waals surface area (Å²) in [4.78, 5) is 47.2. The van der Waals surface area contributed by atoms with Crippen LogP contribution >= 0.6 is 0 Å². The molecule has 0 aromatic rings. The number of likely N-dealkylation sites (N-methyl/N-ethyl adjacent to an activating group) is 1. The Hall–Kier alpha value is -2.46. The van der Waals surface area contributed by atoms with Crippen molar-refractivity contribution in [3.8, 4) is 0 Å². The number of nitrogens with zero attached hydrogens (tertiary/aromatic N) is 1. The largest absolute Gasteiger partial charge is 0.462 e. The molecule has 2 unspecified atom stereocenters. The highest BCUT2D eigenvalue weighted by Crippen LogP contribution is 2.16. The predicted molar refractivity (Wildman–Crippen MR) is 180 cm³/mol. The van der Waals surface area contributed by atoms with Crippen LogP contribution in [-0.2, 0) is 38.1 Å². The van der Waals surface area contributed by atoms with Crippen molar-refractivity contribution in [2.45, 2.75) is 149 Å². The molecular formula is C36H66NO9+. The van der Waals surface area contributed by atoms with E-state index in [4.69, 9.17) is 18.9 Å². The number of carbonyl (C=O) groups is 4. The van der Waals surface area contributed by atoms with E-state index in [0.717, 1.165) is 77.0 Å². The molecule has 0 amide bonds. The van der Waals surface area contributed by atoms with Gasteiger partial charge in [-0.05, 0) is 44.9 Å². The van der Waals surface area contributed by atoms with E-state index in [1.807, 2.05) is 20.2 Å². The second kappa shape index (κ2) is 28.7. The summed E-state index contributed by atoms with van der Waals surface area (Å²) in [6.07, 6.45) is 18.7. The molecule has 10 heteroatoms. The van der Waals surface area contributed by atoms with Gasteiger partial charge in [0.25, 0.3) is 0 Å². The van der Waals surface area contributed by atoms with Crippen LogP contribution in [0.15, 0.2) is 12.2 Å². The number of aliphatic hydroxyl groups excluding tert-OH is 1. The Balaban J connectivity index is 4.32. The van der Waals surface area contributed by atoms with Crippen LogP contribution in [0.4, 0.5) is 0 Å². The fourth-order valence-electron chi connectivity index (χ4n) is 4.89. The quantitative estimate of drug-likeness (QED) is 0.0299. The van der Waals surface area contributed by atoms with Gasteiger partial charge in [0.2, 0.25) is 0 Å². The SMILES string of the molecule is CCCCCCCC(=O)OCC[N+](C)(C)CC(=O)OC(CCCCC)C(O)CC=CCCCCCCCC(=O)OCCOC(C)=O. The van der Waals surface area contributed by atoms with Crippen molar-refractivity contribution in [1.29, 1.82) is 0 Å². The summed E-state index contributed by atoms with van der Waals surface area (Å²) >= 11 is 0. The first-order valence-electron chi connectivity index (χ1n) is 17.8. The van der Waals surface area contributed by atoms with Crippen molar-refractivity contribution in [1.82, 2.24) is 0 Å². The summed E-state index contributed by atoms with van der Waals surface area (Å²) in [5.41, 5.74) is 0. The topological polar surface area (TPSA) is 125 Å². The monoisotopic (exact) mass is 656 g/mol. The Morgan fingerprint density at radius 1 is 0.674 bits per heavy atom. The first-order chi connectivity index (χ1) is 22.0. The van der Waals surface area contributed by atoms with Crippen LogP contribution < -0.4 is 0 Å². The van der Waals surface area contributed by atoms with E-state index in [0.29, 0.717) is 36.7 Å². The Morgan fingerprint density at radius 3 is 1.85 bits per heavy atom. The van der Waals surface area contributed by atoms with Gasteiger partial charge < -0.3 is 28.5 Å². The molecule has 0 saturated heterocycles. The molecule has 268 valence electrons. The highest BCUT2D eigenvalue weighted by Gasteiger charge is 2.27. The zero-order chi connectivity index (χ0) is 34.5. The van der Waals surface area contributed by atoms with Crippen LogP contribution in [0.1, 0.15) is 136 Å². The van der Waals surface area contributed by atoms with Crippen LogP contribution in [-0.4, -0.2) is 92.7 Å². The van der Waals surface area contributed by atoms with E-state index < -0.39 is 12.2 Å². The van der Waals surface area contributed by atoms with E-state index in [9.17, 15) is 24.3 Å². The van der Waals surface area contributed by atoms with Crippen molar-refractivity contribution in [3.05, 3.63) is 12.2 Å². The van der Waals surface area contributed by atoms with Gasteiger partial charge in [0.15, 0.2) is 6.54 Å². The number of aliphatic hydroxyl groups is 1. The molecule has 0 aliphatic carbocycles. The van der Waals surface area contributed by atoms with Crippen molar-refractivity contribution in [2.75, 3.05) is 47.0 Å². The molecule has 0 aliphatic rings. The summed E-state index contributed by atoms with van der Waals surface area (Å²) in [6.45, 7) is 6.69. The number of hydrogen-bond donors (Lipinski definition) is 1. The molecule has 0 fully saturated rings. The average molecular weight is 657 g/mol. The number of unbranched alkanes of at least 4 members (excludes halogenated alkanes) is 11. The van der Waals surface area contributed by atoms with Gasteiger partial charge in [0.05, 0.1) is 20.2 Å². The van der Waals surface area contributed by atoms with Crippen molar-refractivity contribution in [2.24, 2.45) is 0 Å². The summed E-state index contributed by atoms with van der Waals surface area (Å²) in [7, 11) is 3.82. The Labute approximate surface area is 279 Å². The summed E-state index contributed by atoms with van der Waals surface area (Å²) in [6, 6.07) is 0. The van der Waals surface area contributed by atoms with Crippen LogP contribution in [0, 0.1) is 0 Å². The third kappa shape index (κ3) is 27.8. The molecular weight excluding hydrogens is 590 g/mol. The van der Waals surface area contributed by atoms with Gasteiger partial charge in [0, 0.05) is 19.8 Å². The molecule has 0 aromatic heterocycles. The van der Waals surface area contributed by atoms with E-state index >= 15 is 0 Å². The van der Waals surface area contributed by atoms with Gasteiger partial charge in [0.1, 0.15) is 32.5 Å². The highest BCUT2D eigenvalue weighted by molar-refractivity contribution is 5.71. The summed E-state index contributed by atoms with van der Waals surface area (Å²) in [5.74, 6) is -1.19. The standard InChI is InChI=1S/C36H66NO9/c1-6-8-10-15-20-24-34(40)44-27-26-37(4,5)30-36(42)46-33(23-18-9-7-2)32(39)22-19-16-13-11-12-14-17-21-25-35(41)45-29-28-43-31(3)38/h16,19,32-33,39H,6-15,17-18,20-30H2,1-5H3/q+1. The normalized spacial score (nSPS) is 12.9. The minimum absolute atomic E-state index is 0.0918. The average Bonchev–Trinajstić information content (AvgIpc) is 2.99.